The van der Waals surface area contributed by atoms with Crippen LogP contribution in [0.1, 0.15) is 16.8 Å². The van der Waals surface area contributed by atoms with Crippen molar-refractivity contribution in [3.8, 4) is 5.75 Å². The minimum atomic E-state index is -1.78. The van der Waals surface area contributed by atoms with E-state index in [0.717, 1.165) is 0 Å². The minimum Gasteiger partial charge on any atom is -0.465 e. The molecular formula is C22H23N3O6. The maximum atomic E-state index is 13.8. The van der Waals surface area contributed by atoms with Gasteiger partial charge in [-0.15, -0.1) is 0 Å². The number of pyridine rings is 1. The lowest BCUT2D eigenvalue weighted by Gasteiger charge is -2.35. The van der Waals surface area contributed by atoms with Crippen LogP contribution < -0.4 is 20.9 Å². The number of aryl methyl sites for hydroxylation is 1. The van der Waals surface area contributed by atoms with Crippen LogP contribution in [-0.4, -0.2) is 44.3 Å². The van der Waals surface area contributed by atoms with E-state index >= 15 is 0 Å². The average molecular weight is 425 g/mol. The standard InChI is InChI=1S/C22H23N3O6/c1-12-11-15-16(19(26)25(12)9-10-29-3)22(17(18(23)31-15)20(27)30-4)13-7-5-6-8-14(13)24(2)21(22)28/h5-8,11H,9-10,23H2,1-4H3/t22-/m0/s1. The topological polar surface area (TPSA) is 113 Å². The summed E-state index contributed by atoms with van der Waals surface area (Å²) in [6, 6.07) is 8.62. The van der Waals surface area contributed by atoms with E-state index in [2.05, 4.69) is 0 Å². The van der Waals surface area contributed by atoms with Crippen molar-refractivity contribution in [2.45, 2.75) is 18.9 Å². The Hall–Kier alpha value is -3.59. The molecule has 2 aliphatic heterocycles. The number of nitrogens with two attached hydrogens (primary N) is 1. The predicted molar refractivity (Wildman–Crippen MR) is 112 cm³/mol. The molecule has 0 unspecified atom stereocenters. The van der Waals surface area contributed by atoms with Crippen LogP contribution in [0.4, 0.5) is 5.69 Å². The molecule has 1 amide bonds. The van der Waals surface area contributed by atoms with E-state index in [1.165, 1.54) is 23.7 Å². The quantitative estimate of drug-likeness (QED) is 0.721. The normalized spacial score (nSPS) is 19.4. The van der Waals surface area contributed by atoms with E-state index in [-0.39, 0.29) is 29.3 Å². The molecule has 0 bridgehead atoms. The summed E-state index contributed by atoms with van der Waals surface area (Å²) in [5.41, 5.74) is 5.40. The third kappa shape index (κ3) is 2.63. The summed E-state index contributed by atoms with van der Waals surface area (Å²) in [6.07, 6.45) is 0. The molecule has 4 rings (SSSR count). The second-order valence-corrected chi connectivity index (χ2v) is 7.44. The molecule has 0 radical (unpaired) electrons. The van der Waals surface area contributed by atoms with Crippen LogP contribution in [-0.2, 0) is 31.0 Å². The number of amides is 1. The van der Waals surface area contributed by atoms with Gasteiger partial charge in [0.25, 0.3) is 5.56 Å². The molecule has 2 N–H and O–H groups in total. The smallest absolute Gasteiger partial charge is 0.340 e. The van der Waals surface area contributed by atoms with Crippen molar-refractivity contribution in [1.29, 1.82) is 0 Å². The van der Waals surface area contributed by atoms with Crippen LogP contribution in [0.25, 0.3) is 0 Å². The van der Waals surface area contributed by atoms with Gasteiger partial charge in [-0.1, -0.05) is 18.2 Å². The molecule has 3 heterocycles. The molecular weight excluding hydrogens is 402 g/mol. The molecule has 162 valence electrons. The Morgan fingerprint density at radius 1 is 1.23 bits per heavy atom. The van der Waals surface area contributed by atoms with Gasteiger partial charge in [-0.2, -0.15) is 0 Å². The zero-order valence-electron chi connectivity index (χ0n) is 17.7. The number of methoxy groups -OCH3 is 2. The summed E-state index contributed by atoms with van der Waals surface area (Å²) in [7, 11) is 4.31. The highest BCUT2D eigenvalue weighted by Gasteiger charge is 2.61. The molecule has 0 saturated carbocycles. The van der Waals surface area contributed by atoms with E-state index < -0.39 is 22.9 Å². The molecule has 9 heteroatoms. The Morgan fingerprint density at radius 2 is 1.94 bits per heavy atom. The van der Waals surface area contributed by atoms with Gasteiger partial charge in [0.1, 0.15) is 16.7 Å². The summed E-state index contributed by atoms with van der Waals surface area (Å²) in [5.74, 6) is -1.46. The van der Waals surface area contributed by atoms with Gasteiger partial charge in [0.15, 0.2) is 0 Å². The largest absolute Gasteiger partial charge is 0.465 e. The molecule has 2 aliphatic rings. The number of benzene rings is 1. The van der Waals surface area contributed by atoms with Crippen molar-refractivity contribution in [2.24, 2.45) is 5.73 Å². The first kappa shape index (κ1) is 20.7. The zero-order chi connectivity index (χ0) is 22.5. The first-order chi connectivity index (χ1) is 14.8. The summed E-state index contributed by atoms with van der Waals surface area (Å²) in [5, 5.41) is 0. The minimum absolute atomic E-state index is 0.0330. The van der Waals surface area contributed by atoms with Gasteiger partial charge >= 0.3 is 5.97 Å². The fourth-order valence-corrected chi connectivity index (χ4v) is 4.50. The number of fused-ring (bicyclic) bond motifs is 4. The lowest BCUT2D eigenvalue weighted by molar-refractivity contribution is -0.138. The van der Waals surface area contributed by atoms with E-state index in [1.54, 1.807) is 44.3 Å². The fraction of sp³-hybridized carbons (Fsp3) is 0.318. The number of aromatic nitrogens is 1. The molecule has 2 aromatic rings. The van der Waals surface area contributed by atoms with Crippen molar-refractivity contribution >= 4 is 17.6 Å². The van der Waals surface area contributed by atoms with Crippen LogP contribution >= 0.6 is 0 Å². The van der Waals surface area contributed by atoms with Gasteiger partial charge in [0.2, 0.25) is 11.8 Å². The van der Waals surface area contributed by atoms with Gasteiger partial charge < -0.3 is 29.4 Å². The number of ether oxygens (including phenoxy) is 3. The van der Waals surface area contributed by atoms with Gasteiger partial charge in [-0.3, -0.25) is 9.59 Å². The Balaban J connectivity index is 2.17. The summed E-state index contributed by atoms with van der Waals surface area (Å²) < 4.78 is 17.3. The monoisotopic (exact) mass is 425 g/mol. The molecule has 1 aromatic carbocycles. The van der Waals surface area contributed by atoms with Crippen molar-refractivity contribution in [3.63, 3.8) is 0 Å². The molecule has 9 nitrogen and oxygen atoms in total. The van der Waals surface area contributed by atoms with Crippen LogP contribution in [0.15, 0.2) is 46.6 Å². The number of para-hydroxylation sites is 1. The number of likely N-dealkylation sites (N-methyl/N-ethyl adjacent to an activating group) is 1. The zero-order valence-corrected chi connectivity index (χ0v) is 17.7. The van der Waals surface area contributed by atoms with Crippen LogP contribution in [0.5, 0.6) is 5.75 Å². The summed E-state index contributed by atoms with van der Waals surface area (Å²) >= 11 is 0. The number of hydrogen-bond acceptors (Lipinski definition) is 7. The van der Waals surface area contributed by atoms with Gasteiger partial charge in [-0.25, -0.2) is 4.79 Å². The Labute approximate surface area is 178 Å². The van der Waals surface area contributed by atoms with Gasteiger partial charge in [-0.05, 0) is 13.0 Å². The number of esters is 1. The predicted octanol–water partition coefficient (Wildman–Crippen LogP) is 0.801. The third-order valence-electron chi connectivity index (χ3n) is 5.89. The lowest BCUT2D eigenvalue weighted by atomic mass is 9.68. The first-order valence-electron chi connectivity index (χ1n) is 9.68. The number of rotatable bonds is 4. The summed E-state index contributed by atoms with van der Waals surface area (Å²) in [4.78, 5) is 41.9. The fourth-order valence-electron chi connectivity index (χ4n) is 4.50. The Bertz CT molecular complexity index is 1200. The second kappa shape index (κ2) is 7.28. The van der Waals surface area contributed by atoms with Gasteiger partial charge in [0.05, 0.1) is 19.3 Å². The second-order valence-electron chi connectivity index (χ2n) is 7.44. The number of anilines is 1. The number of nitrogens with zero attached hydrogens (tertiary/aromatic N) is 2. The van der Waals surface area contributed by atoms with Crippen molar-refractivity contribution < 1.29 is 23.8 Å². The van der Waals surface area contributed by atoms with E-state index in [4.69, 9.17) is 19.9 Å². The van der Waals surface area contributed by atoms with Crippen molar-refractivity contribution in [3.05, 3.63) is 69.0 Å². The molecule has 31 heavy (non-hydrogen) atoms. The van der Waals surface area contributed by atoms with E-state index in [1.807, 2.05) is 0 Å². The van der Waals surface area contributed by atoms with Crippen molar-refractivity contribution in [1.82, 2.24) is 4.57 Å². The average Bonchev–Trinajstić information content (AvgIpc) is 2.96. The molecule has 0 fully saturated rings. The SMILES string of the molecule is COCCn1c(C)cc2c(c1=O)[C@]1(C(=O)N(C)c3ccccc31)C(C(=O)OC)=C(N)O2. The van der Waals surface area contributed by atoms with E-state index in [0.29, 0.717) is 23.6 Å². The Morgan fingerprint density at radius 3 is 2.61 bits per heavy atom. The number of carbonyl (C=O) groups is 2. The summed E-state index contributed by atoms with van der Waals surface area (Å²) in [6.45, 7) is 2.31. The highest BCUT2D eigenvalue weighted by Crippen LogP contribution is 2.54. The molecule has 0 aliphatic carbocycles. The molecule has 1 aromatic heterocycles. The first-order valence-corrected chi connectivity index (χ1v) is 9.68. The number of carbonyl (C=O) groups excluding carboxylic acids is 2. The van der Waals surface area contributed by atoms with E-state index in [9.17, 15) is 14.4 Å². The van der Waals surface area contributed by atoms with Crippen LogP contribution in [0.2, 0.25) is 0 Å². The third-order valence-corrected chi connectivity index (χ3v) is 5.89. The Kier molecular flexibility index (Phi) is 4.85. The molecule has 1 atom stereocenters. The molecule has 0 saturated heterocycles. The highest BCUT2D eigenvalue weighted by atomic mass is 16.5. The van der Waals surface area contributed by atoms with Gasteiger partial charge in [0, 0.05) is 43.7 Å². The lowest BCUT2D eigenvalue weighted by Crippen LogP contribution is -2.51. The maximum Gasteiger partial charge on any atom is 0.340 e. The maximum absolute atomic E-state index is 13.8. The number of hydrogen-bond donors (Lipinski definition) is 1. The van der Waals surface area contributed by atoms with Crippen LogP contribution in [0, 0.1) is 6.92 Å². The van der Waals surface area contributed by atoms with Crippen LogP contribution in [0.3, 0.4) is 0 Å². The van der Waals surface area contributed by atoms with Crippen molar-refractivity contribution in [2.75, 3.05) is 32.8 Å². The highest BCUT2D eigenvalue weighted by molar-refractivity contribution is 6.18. The molecule has 1 spiro atoms.